The molecule has 5 nitrogen and oxygen atoms in total. The van der Waals surface area contributed by atoms with E-state index in [1.165, 1.54) is 18.2 Å². The lowest BCUT2D eigenvalue weighted by atomic mass is 9.76. The summed E-state index contributed by atoms with van der Waals surface area (Å²) in [5, 5.41) is 15.5. The highest BCUT2D eigenvalue weighted by atomic mass is 19.4. The molecule has 0 fully saturated rings. The van der Waals surface area contributed by atoms with E-state index in [9.17, 15) is 23.3 Å². The maximum atomic E-state index is 12.8. The van der Waals surface area contributed by atoms with Crippen molar-refractivity contribution >= 4 is 5.69 Å². The highest BCUT2D eigenvalue weighted by Gasteiger charge is 2.30. The van der Waals surface area contributed by atoms with Crippen molar-refractivity contribution in [3.05, 3.63) is 82.2 Å². The summed E-state index contributed by atoms with van der Waals surface area (Å²) in [7, 11) is 0. The third-order valence-corrected chi connectivity index (χ3v) is 5.08. The van der Waals surface area contributed by atoms with Gasteiger partial charge >= 0.3 is 6.18 Å². The van der Waals surface area contributed by atoms with Crippen LogP contribution in [0.2, 0.25) is 0 Å². The van der Waals surface area contributed by atoms with Gasteiger partial charge in [-0.05, 0) is 28.7 Å². The summed E-state index contributed by atoms with van der Waals surface area (Å²) >= 11 is 0. The summed E-state index contributed by atoms with van der Waals surface area (Å²) in [4.78, 5) is 10.7. The van der Waals surface area contributed by atoms with E-state index >= 15 is 0 Å². The Kier molecular flexibility index (Phi) is 5.70. The van der Waals surface area contributed by atoms with Crippen molar-refractivity contribution in [2.24, 2.45) is 5.41 Å². The van der Waals surface area contributed by atoms with Gasteiger partial charge in [0.1, 0.15) is 0 Å². The number of non-ortho nitro benzene ring substituents is 1. The van der Waals surface area contributed by atoms with Crippen LogP contribution in [0.1, 0.15) is 37.8 Å². The van der Waals surface area contributed by atoms with Gasteiger partial charge in [0.05, 0.1) is 16.7 Å². The van der Waals surface area contributed by atoms with Crippen LogP contribution in [0, 0.1) is 15.5 Å². The number of alkyl halides is 3. The molecule has 0 radical (unpaired) electrons. The second-order valence-corrected chi connectivity index (χ2v) is 8.30. The van der Waals surface area contributed by atoms with Crippen molar-refractivity contribution in [2.45, 2.75) is 39.4 Å². The first-order chi connectivity index (χ1) is 13.9. The summed E-state index contributed by atoms with van der Waals surface area (Å²) in [5.74, 6) is -0.0576. The van der Waals surface area contributed by atoms with Crippen molar-refractivity contribution in [3.8, 4) is 11.1 Å². The van der Waals surface area contributed by atoms with Gasteiger partial charge in [0, 0.05) is 36.4 Å². The largest absolute Gasteiger partial charge is 0.416 e. The quantitative estimate of drug-likeness (QED) is 0.361. The molecule has 3 rings (SSSR count). The van der Waals surface area contributed by atoms with Crippen LogP contribution >= 0.6 is 0 Å². The molecule has 0 N–H and O–H groups in total. The third-order valence-electron chi connectivity index (χ3n) is 5.08. The van der Waals surface area contributed by atoms with Crippen molar-refractivity contribution in [1.29, 1.82) is 0 Å². The molecular formula is C22H22F3N3O2. The van der Waals surface area contributed by atoms with Crippen LogP contribution in [0.5, 0.6) is 0 Å². The molecule has 0 aliphatic carbocycles. The van der Waals surface area contributed by atoms with E-state index in [-0.39, 0.29) is 17.0 Å². The fraction of sp³-hybridized carbons (Fsp3) is 0.318. The van der Waals surface area contributed by atoms with Gasteiger partial charge in [-0.3, -0.25) is 14.8 Å². The molecule has 8 heteroatoms. The van der Waals surface area contributed by atoms with Crippen molar-refractivity contribution < 1.29 is 18.1 Å². The number of rotatable bonds is 5. The van der Waals surface area contributed by atoms with Crippen LogP contribution in [-0.2, 0) is 12.7 Å². The first-order valence-electron chi connectivity index (χ1n) is 9.39. The molecule has 0 spiro atoms. The maximum absolute atomic E-state index is 12.8. The zero-order chi connectivity index (χ0) is 22.1. The van der Waals surface area contributed by atoms with Gasteiger partial charge in [-0.15, -0.1) is 0 Å². The Balaban J connectivity index is 1.86. The highest BCUT2D eigenvalue weighted by Crippen LogP contribution is 2.38. The minimum atomic E-state index is -4.37. The normalized spacial score (nSPS) is 13.3. The monoisotopic (exact) mass is 417 g/mol. The molecule has 1 atom stereocenters. The molecule has 30 heavy (non-hydrogen) atoms. The Morgan fingerprint density at radius 2 is 1.73 bits per heavy atom. The van der Waals surface area contributed by atoms with Crippen LogP contribution in [0.15, 0.2) is 60.9 Å². The lowest BCUT2D eigenvalue weighted by Crippen LogP contribution is -2.23. The fourth-order valence-corrected chi connectivity index (χ4v) is 3.39. The molecule has 158 valence electrons. The molecule has 1 aromatic heterocycles. The predicted molar refractivity (Wildman–Crippen MR) is 108 cm³/mol. The molecule has 0 saturated carbocycles. The summed E-state index contributed by atoms with van der Waals surface area (Å²) in [5.41, 5.74) is 1.32. The molecule has 1 heterocycles. The van der Waals surface area contributed by atoms with E-state index < -0.39 is 16.7 Å². The second-order valence-electron chi connectivity index (χ2n) is 8.30. The lowest BCUT2D eigenvalue weighted by Gasteiger charge is -2.31. The second kappa shape index (κ2) is 7.93. The zero-order valence-electron chi connectivity index (χ0n) is 16.8. The summed E-state index contributed by atoms with van der Waals surface area (Å²) in [6, 6.07) is 11.5. The minimum Gasteiger partial charge on any atom is -0.271 e. The topological polar surface area (TPSA) is 61.0 Å². The standard InChI is InChI=1S/C22H22F3N3O2/c1-21(2,3)20(16-5-4-6-19(11-16)28(29)30)14-27-13-17(12-26-27)15-7-9-18(10-8-15)22(23,24)25/h4-13,20H,14H2,1-3H3. The number of benzene rings is 2. The number of nitro benzene ring substituents is 1. The number of nitrogens with zero attached hydrogens (tertiary/aromatic N) is 3. The number of hydrogen-bond donors (Lipinski definition) is 0. The third kappa shape index (κ3) is 4.87. The van der Waals surface area contributed by atoms with Crippen molar-refractivity contribution in [3.63, 3.8) is 0 Å². The zero-order valence-corrected chi connectivity index (χ0v) is 16.8. The Hall–Kier alpha value is -3.16. The Bertz CT molecular complexity index is 1030. The number of aromatic nitrogens is 2. The maximum Gasteiger partial charge on any atom is 0.416 e. The first kappa shape index (κ1) is 21.5. The van der Waals surface area contributed by atoms with Gasteiger partial charge < -0.3 is 0 Å². The molecule has 0 aliphatic heterocycles. The predicted octanol–water partition coefficient (Wildman–Crippen LogP) is 6.31. The molecular weight excluding hydrogens is 395 g/mol. The smallest absolute Gasteiger partial charge is 0.271 e. The SMILES string of the molecule is CC(C)(C)C(Cn1cc(-c2ccc(C(F)(F)F)cc2)cn1)c1cccc([N+](=O)[O-])c1. The number of hydrogen-bond acceptors (Lipinski definition) is 3. The van der Waals surface area contributed by atoms with Crippen LogP contribution in [-0.4, -0.2) is 14.7 Å². The van der Waals surface area contributed by atoms with Crippen LogP contribution in [0.4, 0.5) is 18.9 Å². The fourth-order valence-electron chi connectivity index (χ4n) is 3.39. The summed E-state index contributed by atoms with van der Waals surface area (Å²) in [6.45, 7) is 6.63. The number of nitro groups is 1. The Labute approximate surface area is 172 Å². The first-order valence-corrected chi connectivity index (χ1v) is 9.39. The van der Waals surface area contributed by atoms with Crippen LogP contribution in [0.25, 0.3) is 11.1 Å². The van der Waals surface area contributed by atoms with E-state index in [0.717, 1.165) is 17.7 Å². The van der Waals surface area contributed by atoms with E-state index in [0.29, 0.717) is 17.7 Å². The molecule has 0 aliphatic rings. The highest BCUT2D eigenvalue weighted by molar-refractivity contribution is 5.62. The minimum absolute atomic E-state index is 0.0349. The molecule has 0 bridgehead atoms. The van der Waals surface area contributed by atoms with Gasteiger partial charge in [-0.2, -0.15) is 18.3 Å². The van der Waals surface area contributed by atoms with Crippen molar-refractivity contribution in [2.75, 3.05) is 0 Å². The molecule has 0 amide bonds. The van der Waals surface area contributed by atoms with E-state index in [2.05, 4.69) is 25.9 Å². The molecule has 0 saturated heterocycles. The van der Waals surface area contributed by atoms with Crippen molar-refractivity contribution in [1.82, 2.24) is 9.78 Å². The molecule has 3 aromatic rings. The van der Waals surface area contributed by atoms with Gasteiger partial charge in [-0.25, -0.2) is 0 Å². The Morgan fingerprint density at radius 1 is 1.07 bits per heavy atom. The summed E-state index contributed by atoms with van der Waals surface area (Å²) < 4.78 is 40.0. The molecule has 1 unspecified atom stereocenters. The van der Waals surface area contributed by atoms with Gasteiger partial charge in [0.2, 0.25) is 0 Å². The average Bonchev–Trinajstić information content (AvgIpc) is 3.13. The summed E-state index contributed by atoms with van der Waals surface area (Å²) in [6.07, 6.45) is -0.991. The van der Waals surface area contributed by atoms with E-state index in [1.807, 2.05) is 6.07 Å². The number of halogens is 3. The van der Waals surface area contributed by atoms with E-state index in [1.54, 1.807) is 29.2 Å². The van der Waals surface area contributed by atoms with Gasteiger partial charge in [0.15, 0.2) is 0 Å². The van der Waals surface area contributed by atoms with Gasteiger partial charge in [-0.1, -0.05) is 45.0 Å². The van der Waals surface area contributed by atoms with E-state index in [4.69, 9.17) is 0 Å². The van der Waals surface area contributed by atoms with Crippen LogP contribution in [0.3, 0.4) is 0 Å². The van der Waals surface area contributed by atoms with Gasteiger partial charge in [0.25, 0.3) is 5.69 Å². The van der Waals surface area contributed by atoms with Crippen LogP contribution < -0.4 is 0 Å². The lowest BCUT2D eigenvalue weighted by molar-refractivity contribution is -0.384. The Morgan fingerprint density at radius 3 is 2.30 bits per heavy atom. The average molecular weight is 417 g/mol. The molecule has 2 aromatic carbocycles.